The molecule has 4 aromatic heterocycles. The molecular weight excluding hydrogens is 544 g/mol. The standard InChI is InChI=1S/C36H26N8/c1-5-13-25(14-6-1)21-43-33-31(29(37-23-39-33)27-17-9-3-10-18-27)41-35(43)36-42-32-30(28-19-11-4-12-20-28)38-24-40-34(32)44(36)22-26-15-7-2-8-16-26/h1-20,23-24H,21-22H2. The fraction of sp³-hybridized carbons (Fsp3) is 0.0556. The lowest BCUT2D eigenvalue weighted by atomic mass is 10.1. The van der Waals surface area contributed by atoms with Crippen LogP contribution >= 0.6 is 0 Å². The lowest BCUT2D eigenvalue weighted by molar-refractivity contribution is 0.775. The van der Waals surface area contributed by atoms with E-state index in [1.54, 1.807) is 12.7 Å². The van der Waals surface area contributed by atoms with Gasteiger partial charge in [-0.05, 0) is 11.1 Å². The summed E-state index contributed by atoms with van der Waals surface area (Å²) in [5.41, 5.74) is 8.69. The van der Waals surface area contributed by atoms with Gasteiger partial charge in [-0.3, -0.25) is 0 Å². The minimum absolute atomic E-state index is 0.559. The topological polar surface area (TPSA) is 87.2 Å². The summed E-state index contributed by atoms with van der Waals surface area (Å²) in [6.45, 7) is 1.12. The van der Waals surface area contributed by atoms with E-state index in [9.17, 15) is 0 Å². The van der Waals surface area contributed by atoms with Gasteiger partial charge in [0.1, 0.15) is 35.1 Å². The largest absolute Gasteiger partial charge is 0.301 e. The van der Waals surface area contributed by atoms with E-state index in [1.165, 1.54) is 0 Å². The summed E-state index contributed by atoms with van der Waals surface area (Å²) in [6, 6.07) is 40.9. The Morgan fingerprint density at radius 3 is 1.16 bits per heavy atom. The van der Waals surface area contributed by atoms with Crippen LogP contribution in [0.4, 0.5) is 0 Å². The first-order chi connectivity index (χ1) is 21.8. The molecule has 0 saturated heterocycles. The summed E-state index contributed by atoms with van der Waals surface area (Å²) >= 11 is 0. The van der Waals surface area contributed by atoms with Crippen molar-refractivity contribution in [3.05, 3.63) is 145 Å². The second-order valence-electron chi connectivity index (χ2n) is 10.5. The van der Waals surface area contributed by atoms with Gasteiger partial charge in [0, 0.05) is 11.1 Å². The van der Waals surface area contributed by atoms with E-state index in [0.29, 0.717) is 24.7 Å². The second-order valence-corrected chi connectivity index (χ2v) is 10.5. The molecule has 0 aliphatic carbocycles. The van der Waals surface area contributed by atoms with Gasteiger partial charge in [0.15, 0.2) is 22.9 Å². The zero-order valence-corrected chi connectivity index (χ0v) is 23.7. The van der Waals surface area contributed by atoms with Gasteiger partial charge in [-0.15, -0.1) is 0 Å². The third kappa shape index (κ3) is 4.59. The fourth-order valence-corrected chi connectivity index (χ4v) is 5.66. The Balaban J connectivity index is 1.42. The molecule has 0 N–H and O–H groups in total. The number of nitrogens with zero attached hydrogens (tertiary/aromatic N) is 8. The maximum absolute atomic E-state index is 5.26. The van der Waals surface area contributed by atoms with Crippen LogP contribution in [0.15, 0.2) is 134 Å². The number of imidazole rings is 2. The van der Waals surface area contributed by atoms with Crippen molar-refractivity contribution in [2.75, 3.05) is 0 Å². The first-order valence-electron chi connectivity index (χ1n) is 14.4. The molecule has 8 nitrogen and oxygen atoms in total. The average Bonchev–Trinajstić information content (AvgIpc) is 3.64. The Hall–Kier alpha value is -6.02. The predicted molar refractivity (Wildman–Crippen MR) is 172 cm³/mol. The molecule has 0 amide bonds. The van der Waals surface area contributed by atoms with Gasteiger partial charge in [0.05, 0.1) is 13.1 Å². The molecule has 0 bridgehead atoms. The monoisotopic (exact) mass is 570 g/mol. The summed E-state index contributed by atoms with van der Waals surface area (Å²) in [6.07, 6.45) is 3.23. The number of hydrogen-bond donors (Lipinski definition) is 0. The number of aromatic nitrogens is 8. The highest BCUT2D eigenvalue weighted by molar-refractivity contribution is 5.92. The fourth-order valence-electron chi connectivity index (χ4n) is 5.66. The Morgan fingerprint density at radius 2 is 0.773 bits per heavy atom. The SMILES string of the molecule is c1ccc(Cn2c(-c3nc4c(-c5ccccc5)ncnc4n3Cc3ccccc3)nc3c(-c4ccccc4)ncnc32)cc1. The van der Waals surface area contributed by atoms with Crippen molar-refractivity contribution in [1.82, 2.24) is 39.0 Å². The molecule has 0 aliphatic heterocycles. The Kier molecular flexibility index (Phi) is 6.42. The third-order valence-electron chi connectivity index (χ3n) is 7.73. The van der Waals surface area contributed by atoms with Crippen LogP contribution in [0, 0.1) is 0 Å². The zero-order chi connectivity index (χ0) is 29.3. The smallest absolute Gasteiger partial charge is 0.179 e. The first kappa shape index (κ1) is 25.7. The molecule has 210 valence electrons. The number of benzene rings is 4. The van der Waals surface area contributed by atoms with E-state index in [4.69, 9.17) is 19.9 Å². The molecule has 0 saturated carbocycles. The molecule has 8 heteroatoms. The molecule has 0 aliphatic rings. The van der Waals surface area contributed by atoms with Gasteiger partial charge in [0.25, 0.3) is 0 Å². The van der Waals surface area contributed by atoms with Crippen molar-refractivity contribution in [2.24, 2.45) is 0 Å². The van der Waals surface area contributed by atoms with E-state index >= 15 is 0 Å². The maximum Gasteiger partial charge on any atom is 0.179 e. The minimum atomic E-state index is 0.559. The normalized spacial score (nSPS) is 11.4. The molecule has 8 rings (SSSR count). The lowest BCUT2D eigenvalue weighted by Crippen LogP contribution is -2.09. The van der Waals surface area contributed by atoms with Crippen LogP contribution in [-0.2, 0) is 13.1 Å². The first-order valence-corrected chi connectivity index (χ1v) is 14.4. The van der Waals surface area contributed by atoms with Crippen LogP contribution < -0.4 is 0 Å². The molecule has 0 atom stereocenters. The van der Waals surface area contributed by atoms with Gasteiger partial charge in [0.2, 0.25) is 0 Å². The number of hydrogen-bond acceptors (Lipinski definition) is 6. The van der Waals surface area contributed by atoms with Crippen molar-refractivity contribution in [1.29, 1.82) is 0 Å². The molecular formula is C36H26N8. The van der Waals surface area contributed by atoms with E-state index in [-0.39, 0.29) is 0 Å². The van der Waals surface area contributed by atoms with Crippen LogP contribution in [0.5, 0.6) is 0 Å². The van der Waals surface area contributed by atoms with Crippen LogP contribution in [-0.4, -0.2) is 39.0 Å². The minimum Gasteiger partial charge on any atom is -0.301 e. The van der Waals surface area contributed by atoms with Gasteiger partial charge >= 0.3 is 0 Å². The van der Waals surface area contributed by atoms with Crippen LogP contribution in [0.2, 0.25) is 0 Å². The summed E-state index contributed by atoms with van der Waals surface area (Å²) in [4.78, 5) is 29.4. The van der Waals surface area contributed by atoms with Crippen LogP contribution in [0.1, 0.15) is 11.1 Å². The summed E-state index contributed by atoms with van der Waals surface area (Å²) < 4.78 is 4.27. The molecule has 4 aromatic carbocycles. The molecule has 4 heterocycles. The summed E-state index contributed by atoms with van der Waals surface area (Å²) in [7, 11) is 0. The Labute approximate surface area is 253 Å². The quantitative estimate of drug-likeness (QED) is 0.204. The van der Waals surface area contributed by atoms with Gasteiger partial charge in [-0.1, -0.05) is 121 Å². The van der Waals surface area contributed by atoms with Crippen molar-refractivity contribution >= 4 is 22.3 Å². The van der Waals surface area contributed by atoms with E-state index < -0.39 is 0 Å². The average molecular weight is 571 g/mol. The van der Waals surface area contributed by atoms with E-state index in [1.807, 2.05) is 97.1 Å². The maximum atomic E-state index is 5.26. The van der Waals surface area contributed by atoms with Gasteiger partial charge in [-0.25, -0.2) is 29.9 Å². The summed E-state index contributed by atoms with van der Waals surface area (Å²) in [5, 5.41) is 0. The second kappa shape index (κ2) is 11.0. The predicted octanol–water partition coefficient (Wildman–Crippen LogP) is 7.06. The Bertz CT molecular complexity index is 2050. The van der Waals surface area contributed by atoms with E-state index in [2.05, 4.69) is 43.4 Å². The van der Waals surface area contributed by atoms with Crippen molar-refractivity contribution in [2.45, 2.75) is 13.1 Å². The molecule has 8 aromatic rings. The molecule has 44 heavy (non-hydrogen) atoms. The molecule has 0 spiro atoms. The molecule has 0 radical (unpaired) electrons. The van der Waals surface area contributed by atoms with E-state index in [0.717, 1.165) is 56.0 Å². The van der Waals surface area contributed by atoms with Crippen molar-refractivity contribution in [3.63, 3.8) is 0 Å². The highest BCUT2D eigenvalue weighted by Crippen LogP contribution is 2.34. The number of rotatable bonds is 7. The third-order valence-corrected chi connectivity index (χ3v) is 7.73. The van der Waals surface area contributed by atoms with Crippen molar-refractivity contribution < 1.29 is 0 Å². The van der Waals surface area contributed by atoms with Gasteiger partial charge in [-0.2, -0.15) is 0 Å². The van der Waals surface area contributed by atoms with Gasteiger partial charge < -0.3 is 9.13 Å². The molecule has 0 fully saturated rings. The number of fused-ring (bicyclic) bond motifs is 2. The van der Waals surface area contributed by atoms with Crippen LogP contribution in [0.3, 0.4) is 0 Å². The molecule has 0 unspecified atom stereocenters. The zero-order valence-electron chi connectivity index (χ0n) is 23.7. The highest BCUT2D eigenvalue weighted by atomic mass is 15.2. The lowest BCUT2D eigenvalue weighted by Gasteiger charge is -2.11. The highest BCUT2D eigenvalue weighted by Gasteiger charge is 2.25. The summed E-state index contributed by atoms with van der Waals surface area (Å²) in [5.74, 6) is 1.38. The van der Waals surface area contributed by atoms with Crippen LogP contribution in [0.25, 0.3) is 56.5 Å². The van der Waals surface area contributed by atoms with Crippen molar-refractivity contribution in [3.8, 4) is 34.2 Å². The Morgan fingerprint density at radius 1 is 0.409 bits per heavy atom.